The van der Waals surface area contributed by atoms with E-state index < -0.39 is 0 Å². The van der Waals surface area contributed by atoms with Crippen molar-refractivity contribution in [3.63, 3.8) is 0 Å². The molecule has 1 aromatic rings. The molecule has 1 aliphatic rings. The van der Waals surface area contributed by atoms with Crippen LogP contribution < -0.4 is 11.1 Å². The first-order valence-electron chi connectivity index (χ1n) is 5.21. The summed E-state index contributed by atoms with van der Waals surface area (Å²) in [7, 11) is 1.97. The highest BCUT2D eigenvalue weighted by molar-refractivity contribution is 5.00. The van der Waals surface area contributed by atoms with E-state index in [1.807, 2.05) is 24.0 Å². The van der Waals surface area contributed by atoms with Gasteiger partial charge in [0.15, 0.2) is 0 Å². The van der Waals surface area contributed by atoms with Gasteiger partial charge in [0, 0.05) is 31.9 Å². The Kier molecular flexibility index (Phi) is 2.84. The fraction of sp³-hybridized carbons (Fsp3) is 0.700. The molecular formula is C10H18N4. The first-order chi connectivity index (χ1) is 6.75. The summed E-state index contributed by atoms with van der Waals surface area (Å²) in [5, 5.41) is 7.64. The van der Waals surface area contributed by atoms with E-state index in [-0.39, 0.29) is 0 Å². The summed E-state index contributed by atoms with van der Waals surface area (Å²) >= 11 is 0. The highest BCUT2D eigenvalue weighted by Gasteiger charge is 2.20. The van der Waals surface area contributed by atoms with Crippen LogP contribution in [0, 0.1) is 0 Å². The van der Waals surface area contributed by atoms with Crippen LogP contribution in [-0.4, -0.2) is 21.9 Å². The maximum atomic E-state index is 5.85. The lowest BCUT2D eigenvalue weighted by Crippen LogP contribution is -2.28. The number of aryl methyl sites for hydroxylation is 1. The zero-order valence-electron chi connectivity index (χ0n) is 8.61. The van der Waals surface area contributed by atoms with E-state index in [0.29, 0.717) is 12.1 Å². The van der Waals surface area contributed by atoms with Crippen LogP contribution in [0.1, 0.15) is 25.0 Å². The summed E-state index contributed by atoms with van der Waals surface area (Å²) in [4.78, 5) is 0. The average molecular weight is 194 g/mol. The van der Waals surface area contributed by atoms with Crippen LogP contribution in [0.4, 0.5) is 0 Å². The SMILES string of the molecule is Cn1nccc1CNC1CCC(N)C1. The minimum atomic E-state index is 0.402. The zero-order valence-corrected chi connectivity index (χ0v) is 8.61. The maximum absolute atomic E-state index is 5.85. The molecule has 1 aliphatic carbocycles. The second-order valence-corrected chi connectivity index (χ2v) is 4.10. The van der Waals surface area contributed by atoms with Crippen LogP contribution in [0.15, 0.2) is 12.3 Å². The predicted molar refractivity (Wildman–Crippen MR) is 55.7 cm³/mol. The molecule has 1 heterocycles. The average Bonchev–Trinajstić information content (AvgIpc) is 2.72. The fourth-order valence-electron chi connectivity index (χ4n) is 2.03. The molecular weight excluding hydrogens is 176 g/mol. The second-order valence-electron chi connectivity index (χ2n) is 4.10. The fourth-order valence-corrected chi connectivity index (χ4v) is 2.03. The van der Waals surface area contributed by atoms with Gasteiger partial charge < -0.3 is 11.1 Å². The van der Waals surface area contributed by atoms with Gasteiger partial charge >= 0.3 is 0 Å². The molecule has 0 bridgehead atoms. The van der Waals surface area contributed by atoms with Gasteiger partial charge in [0.1, 0.15) is 0 Å². The van der Waals surface area contributed by atoms with Crippen LogP contribution >= 0.6 is 0 Å². The van der Waals surface area contributed by atoms with E-state index in [1.165, 1.54) is 12.1 Å². The Balaban J connectivity index is 1.80. The number of nitrogens with one attached hydrogen (secondary N) is 1. The summed E-state index contributed by atoms with van der Waals surface area (Å²) in [6.45, 7) is 0.897. The zero-order chi connectivity index (χ0) is 9.97. The molecule has 1 fully saturated rings. The van der Waals surface area contributed by atoms with Crippen molar-refractivity contribution in [2.24, 2.45) is 12.8 Å². The van der Waals surface area contributed by atoms with Crippen molar-refractivity contribution in [1.82, 2.24) is 15.1 Å². The molecule has 78 valence electrons. The van der Waals surface area contributed by atoms with Crippen molar-refractivity contribution in [1.29, 1.82) is 0 Å². The molecule has 0 saturated heterocycles. The minimum absolute atomic E-state index is 0.402. The Morgan fingerprint density at radius 2 is 2.50 bits per heavy atom. The standard InChI is InChI=1S/C10H18N4/c1-14-10(4-5-13-14)7-12-9-3-2-8(11)6-9/h4-5,8-9,12H,2-3,6-7,11H2,1H3. The van der Waals surface area contributed by atoms with Crippen molar-refractivity contribution in [3.05, 3.63) is 18.0 Å². The normalized spacial score (nSPS) is 27.0. The van der Waals surface area contributed by atoms with Gasteiger partial charge in [0.25, 0.3) is 0 Å². The number of nitrogens with zero attached hydrogens (tertiary/aromatic N) is 2. The summed E-state index contributed by atoms with van der Waals surface area (Å²) in [5.74, 6) is 0. The summed E-state index contributed by atoms with van der Waals surface area (Å²) in [5.41, 5.74) is 7.07. The van der Waals surface area contributed by atoms with E-state index in [9.17, 15) is 0 Å². The lowest BCUT2D eigenvalue weighted by atomic mass is 10.2. The van der Waals surface area contributed by atoms with E-state index in [2.05, 4.69) is 10.4 Å². The molecule has 0 amide bonds. The molecule has 2 unspecified atom stereocenters. The van der Waals surface area contributed by atoms with Gasteiger partial charge in [0.2, 0.25) is 0 Å². The highest BCUT2D eigenvalue weighted by atomic mass is 15.3. The van der Waals surface area contributed by atoms with E-state index in [1.54, 1.807) is 0 Å². The maximum Gasteiger partial charge on any atom is 0.0518 e. The molecule has 0 radical (unpaired) electrons. The second kappa shape index (κ2) is 4.11. The quantitative estimate of drug-likeness (QED) is 0.732. The number of hydrogen-bond acceptors (Lipinski definition) is 3. The van der Waals surface area contributed by atoms with Gasteiger partial charge in [-0.25, -0.2) is 0 Å². The molecule has 0 spiro atoms. The third-order valence-corrected chi connectivity index (χ3v) is 2.97. The number of hydrogen-bond donors (Lipinski definition) is 2. The summed E-state index contributed by atoms with van der Waals surface area (Å²) in [6, 6.07) is 3.04. The van der Waals surface area contributed by atoms with Crippen molar-refractivity contribution < 1.29 is 0 Å². The molecule has 0 aromatic carbocycles. The van der Waals surface area contributed by atoms with E-state index in [4.69, 9.17) is 5.73 Å². The molecule has 2 atom stereocenters. The topological polar surface area (TPSA) is 55.9 Å². The summed E-state index contributed by atoms with van der Waals surface area (Å²) < 4.78 is 1.90. The van der Waals surface area contributed by atoms with Crippen molar-refractivity contribution >= 4 is 0 Å². The third-order valence-electron chi connectivity index (χ3n) is 2.97. The first kappa shape index (κ1) is 9.68. The molecule has 2 rings (SSSR count). The van der Waals surface area contributed by atoms with Crippen LogP contribution in [0.2, 0.25) is 0 Å². The Hall–Kier alpha value is -0.870. The van der Waals surface area contributed by atoms with Crippen molar-refractivity contribution in [2.75, 3.05) is 0 Å². The smallest absolute Gasteiger partial charge is 0.0518 e. The molecule has 3 N–H and O–H groups in total. The van der Waals surface area contributed by atoms with Crippen LogP contribution in [0.25, 0.3) is 0 Å². The Morgan fingerprint density at radius 1 is 1.64 bits per heavy atom. The minimum Gasteiger partial charge on any atom is -0.328 e. The molecule has 1 saturated carbocycles. The van der Waals surface area contributed by atoms with Gasteiger partial charge in [-0.2, -0.15) is 5.10 Å². The van der Waals surface area contributed by atoms with Gasteiger partial charge in [-0.05, 0) is 25.3 Å². The lowest BCUT2D eigenvalue weighted by molar-refractivity contribution is 0.501. The van der Waals surface area contributed by atoms with Crippen LogP contribution in [0.3, 0.4) is 0 Å². The third kappa shape index (κ3) is 2.13. The van der Waals surface area contributed by atoms with Crippen LogP contribution in [0.5, 0.6) is 0 Å². The van der Waals surface area contributed by atoms with Crippen LogP contribution in [-0.2, 0) is 13.6 Å². The number of nitrogens with two attached hydrogens (primary N) is 1. The Morgan fingerprint density at radius 3 is 3.07 bits per heavy atom. The van der Waals surface area contributed by atoms with Gasteiger partial charge in [-0.15, -0.1) is 0 Å². The Labute approximate surface area is 84.5 Å². The first-order valence-corrected chi connectivity index (χ1v) is 5.21. The van der Waals surface area contributed by atoms with E-state index in [0.717, 1.165) is 19.4 Å². The van der Waals surface area contributed by atoms with E-state index >= 15 is 0 Å². The van der Waals surface area contributed by atoms with Gasteiger partial charge in [-0.3, -0.25) is 4.68 Å². The summed E-state index contributed by atoms with van der Waals surface area (Å²) in [6.07, 6.45) is 5.30. The molecule has 0 aliphatic heterocycles. The monoisotopic (exact) mass is 194 g/mol. The van der Waals surface area contributed by atoms with Crippen molar-refractivity contribution in [2.45, 2.75) is 37.9 Å². The molecule has 4 nitrogen and oxygen atoms in total. The number of rotatable bonds is 3. The number of aromatic nitrogens is 2. The highest BCUT2D eigenvalue weighted by Crippen LogP contribution is 2.17. The Bertz CT molecular complexity index is 294. The molecule has 4 heteroatoms. The van der Waals surface area contributed by atoms with Gasteiger partial charge in [-0.1, -0.05) is 0 Å². The molecule has 14 heavy (non-hydrogen) atoms. The predicted octanol–water partition coefficient (Wildman–Crippen LogP) is 0.389. The lowest BCUT2D eigenvalue weighted by Gasteiger charge is -2.11. The largest absolute Gasteiger partial charge is 0.328 e. The van der Waals surface area contributed by atoms with Crippen molar-refractivity contribution in [3.8, 4) is 0 Å². The van der Waals surface area contributed by atoms with Gasteiger partial charge in [0.05, 0.1) is 5.69 Å². The molecule has 1 aromatic heterocycles.